The van der Waals surface area contributed by atoms with Gasteiger partial charge in [0.1, 0.15) is 6.04 Å². The summed E-state index contributed by atoms with van der Waals surface area (Å²) in [5.41, 5.74) is 1.85. The quantitative estimate of drug-likeness (QED) is 0.744. The highest BCUT2D eigenvalue weighted by Crippen LogP contribution is 2.28. The molecule has 7 heteroatoms. The van der Waals surface area contributed by atoms with Gasteiger partial charge in [0.05, 0.1) is 11.1 Å². The van der Waals surface area contributed by atoms with Gasteiger partial charge in [-0.05, 0) is 48.7 Å². The molecule has 0 saturated heterocycles. The lowest BCUT2D eigenvalue weighted by Crippen LogP contribution is -2.47. The van der Waals surface area contributed by atoms with Gasteiger partial charge in [-0.25, -0.2) is 0 Å². The molecule has 1 aliphatic heterocycles. The van der Waals surface area contributed by atoms with Crippen molar-refractivity contribution in [3.63, 3.8) is 0 Å². The Bertz CT molecular complexity index is 963. The average Bonchev–Trinajstić information content (AvgIpc) is 2.96. The van der Waals surface area contributed by atoms with Gasteiger partial charge in [-0.3, -0.25) is 24.1 Å². The van der Waals surface area contributed by atoms with Gasteiger partial charge < -0.3 is 10.2 Å². The van der Waals surface area contributed by atoms with Gasteiger partial charge in [-0.1, -0.05) is 26.0 Å². The molecule has 1 unspecified atom stereocenters. The molecule has 0 aromatic heterocycles. The Balaban J connectivity index is 1.83. The maximum atomic E-state index is 13.1. The molecule has 30 heavy (non-hydrogen) atoms. The molecule has 0 fully saturated rings. The molecule has 0 saturated carbocycles. The largest absolute Gasteiger partial charge is 0.324 e. The minimum atomic E-state index is -0.919. The first-order valence-electron chi connectivity index (χ1n) is 9.82. The van der Waals surface area contributed by atoms with E-state index in [2.05, 4.69) is 5.32 Å². The molecule has 0 radical (unpaired) electrons. The molecule has 4 amide bonds. The van der Waals surface area contributed by atoms with Gasteiger partial charge in [0, 0.05) is 25.3 Å². The van der Waals surface area contributed by atoms with Crippen molar-refractivity contribution in [3.8, 4) is 0 Å². The summed E-state index contributed by atoms with van der Waals surface area (Å²) in [5.74, 6) is -1.33. The number of carbonyl (C=O) groups is 4. The second-order valence-corrected chi connectivity index (χ2v) is 7.79. The van der Waals surface area contributed by atoms with Crippen LogP contribution in [0, 0.1) is 5.92 Å². The number of imide groups is 1. The number of hydrogen-bond donors (Lipinski definition) is 1. The Kier molecular flexibility index (Phi) is 6.01. The lowest BCUT2D eigenvalue weighted by atomic mass is 10.0. The lowest BCUT2D eigenvalue weighted by molar-refractivity contribution is -0.120. The standard InChI is InChI=1S/C23H25N3O4/c1-14(2)13-20(26-22(29)18-7-5-6-8-19(18)23(26)30)21(28)24-16-9-11-17(12-10-16)25(4)15(3)27/h5-12,14,20H,13H2,1-4H3,(H,24,28). The summed E-state index contributed by atoms with van der Waals surface area (Å²) < 4.78 is 0. The van der Waals surface area contributed by atoms with Crippen LogP contribution in [-0.2, 0) is 9.59 Å². The summed E-state index contributed by atoms with van der Waals surface area (Å²) in [6.07, 6.45) is 0.350. The Morgan fingerprint density at radius 2 is 1.50 bits per heavy atom. The van der Waals surface area contributed by atoms with Crippen molar-refractivity contribution in [2.45, 2.75) is 33.2 Å². The van der Waals surface area contributed by atoms with E-state index in [-0.39, 0.29) is 11.8 Å². The van der Waals surface area contributed by atoms with Crippen LogP contribution in [0.5, 0.6) is 0 Å². The SMILES string of the molecule is CC(=O)N(C)c1ccc(NC(=O)C(CC(C)C)N2C(=O)c3ccccc3C2=O)cc1. The van der Waals surface area contributed by atoms with E-state index in [0.717, 1.165) is 4.90 Å². The number of fused-ring (bicyclic) bond motifs is 1. The minimum Gasteiger partial charge on any atom is -0.324 e. The van der Waals surface area contributed by atoms with Gasteiger partial charge in [-0.2, -0.15) is 0 Å². The molecule has 1 N–H and O–H groups in total. The molecule has 156 valence electrons. The normalized spacial score (nSPS) is 14.0. The van der Waals surface area contributed by atoms with Crippen LogP contribution in [0.2, 0.25) is 0 Å². The van der Waals surface area contributed by atoms with Crippen molar-refractivity contribution in [2.24, 2.45) is 5.92 Å². The zero-order valence-electron chi connectivity index (χ0n) is 17.5. The number of nitrogens with one attached hydrogen (secondary N) is 1. The fourth-order valence-electron chi connectivity index (χ4n) is 3.44. The third kappa shape index (κ3) is 4.10. The van der Waals surface area contributed by atoms with Crippen LogP contribution < -0.4 is 10.2 Å². The highest BCUT2D eigenvalue weighted by molar-refractivity contribution is 6.23. The van der Waals surface area contributed by atoms with E-state index in [1.165, 1.54) is 11.8 Å². The number of rotatable bonds is 6. The van der Waals surface area contributed by atoms with E-state index in [1.54, 1.807) is 55.6 Å². The van der Waals surface area contributed by atoms with Crippen molar-refractivity contribution >= 4 is 35.0 Å². The van der Waals surface area contributed by atoms with Gasteiger partial charge in [0.2, 0.25) is 11.8 Å². The fraction of sp³-hybridized carbons (Fsp3) is 0.304. The van der Waals surface area contributed by atoms with Crippen molar-refractivity contribution in [2.75, 3.05) is 17.3 Å². The average molecular weight is 407 g/mol. The maximum Gasteiger partial charge on any atom is 0.262 e. The van der Waals surface area contributed by atoms with E-state index in [0.29, 0.717) is 28.9 Å². The second kappa shape index (κ2) is 8.49. The van der Waals surface area contributed by atoms with Crippen LogP contribution in [0.25, 0.3) is 0 Å². The third-order valence-electron chi connectivity index (χ3n) is 5.13. The van der Waals surface area contributed by atoms with Crippen molar-refractivity contribution in [1.82, 2.24) is 4.90 Å². The molecular formula is C23H25N3O4. The van der Waals surface area contributed by atoms with E-state index in [1.807, 2.05) is 13.8 Å². The number of carbonyl (C=O) groups excluding carboxylic acids is 4. The Morgan fingerprint density at radius 3 is 1.97 bits per heavy atom. The van der Waals surface area contributed by atoms with E-state index < -0.39 is 23.8 Å². The molecule has 1 aliphatic rings. The second-order valence-electron chi connectivity index (χ2n) is 7.79. The van der Waals surface area contributed by atoms with Gasteiger partial charge in [-0.15, -0.1) is 0 Å². The van der Waals surface area contributed by atoms with Crippen LogP contribution in [-0.4, -0.2) is 41.6 Å². The summed E-state index contributed by atoms with van der Waals surface area (Å²) in [6, 6.07) is 12.5. The van der Waals surface area contributed by atoms with Crippen molar-refractivity contribution < 1.29 is 19.2 Å². The van der Waals surface area contributed by atoms with Crippen LogP contribution in [0.4, 0.5) is 11.4 Å². The summed E-state index contributed by atoms with van der Waals surface area (Å²) in [5, 5.41) is 2.80. The van der Waals surface area contributed by atoms with Crippen molar-refractivity contribution in [3.05, 3.63) is 59.7 Å². The molecule has 1 heterocycles. The molecule has 1 atom stereocenters. The highest BCUT2D eigenvalue weighted by atomic mass is 16.2. The first kappa shape index (κ1) is 21.2. The smallest absolute Gasteiger partial charge is 0.262 e. The predicted octanol–water partition coefficient (Wildman–Crippen LogP) is 3.32. The number of benzene rings is 2. The first-order chi connectivity index (χ1) is 14.2. The van der Waals surface area contributed by atoms with Crippen LogP contribution >= 0.6 is 0 Å². The Labute approximate surface area is 175 Å². The summed E-state index contributed by atoms with van der Waals surface area (Å²) in [4.78, 5) is 52.8. The van der Waals surface area contributed by atoms with E-state index >= 15 is 0 Å². The lowest BCUT2D eigenvalue weighted by Gasteiger charge is -2.27. The fourth-order valence-corrected chi connectivity index (χ4v) is 3.44. The molecular weight excluding hydrogens is 382 g/mol. The summed E-state index contributed by atoms with van der Waals surface area (Å²) in [6.45, 7) is 5.34. The molecule has 0 aliphatic carbocycles. The molecule has 2 aromatic rings. The van der Waals surface area contributed by atoms with Gasteiger partial charge in [0.15, 0.2) is 0 Å². The Hall–Kier alpha value is -3.48. The zero-order valence-corrected chi connectivity index (χ0v) is 17.5. The summed E-state index contributed by atoms with van der Waals surface area (Å²) >= 11 is 0. The Morgan fingerprint density at radius 1 is 0.967 bits per heavy atom. The number of hydrogen-bond acceptors (Lipinski definition) is 4. The monoisotopic (exact) mass is 407 g/mol. The zero-order chi connectivity index (χ0) is 22.0. The molecule has 2 aromatic carbocycles. The van der Waals surface area contributed by atoms with Crippen molar-refractivity contribution in [1.29, 1.82) is 0 Å². The maximum absolute atomic E-state index is 13.1. The number of nitrogens with zero attached hydrogens (tertiary/aromatic N) is 2. The minimum absolute atomic E-state index is 0.0941. The first-order valence-corrected chi connectivity index (χ1v) is 9.82. The molecule has 0 bridgehead atoms. The number of anilines is 2. The van der Waals surface area contributed by atoms with E-state index in [4.69, 9.17) is 0 Å². The number of amides is 4. The summed E-state index contributed by atoms with van der Waals surface area (Å²) in [7, 11) is 1.66. The molecule has 7 nitrogen and oxygen atoms in total. The predicted molar refractivity (Wildman–Crippen MR) is 114 cm³/mol. The molecule has 0 spiro atoms. The van der Waals surface area contributed by atoms with Crippen LogP contribution in [0.1, 0.15) is 47.9 Å². The third-order valence-corrected chi connectivity index (χ3v) is 5.13. The van der Waals surface area contributed by atoms with Crippen LogP contribution in [0.3, 0.4) is 0 Å². The van der Waals surface area contributed by atoms with Gasteiger partial charge >= 0.3 is 0 Å². The van der Waals surface area contributed by atoms with Gasteiger partial charge in [0.25, 0.3) is 11.8 Å². The molecule has 3 rings (SSSR count). The topological polar surface area (TPSA) is 86.8 Å². The van der Waals surface area contributed by atoms with E-state index in [9.17, 15) is 19.2 Å². The van der Waals surface area contributed by atoms with Crippen LogP contribution in [0.15, 0.2) is 48.5 Å². The highest BCUT2D eigenvalue weighted by Gasteiger charge is 2.42.